The van der Waals surface area contributed by atoms with Crippen molar-refractivity contribution >= 4 is 5.97 Å². The first-order valence-electron chi connectivity index (χ1n) is 5.51. The van der Waals surface area contributed by atoms with Crippen LogP contribution >= 0.6 is 0 Å². The van der Waals surface area contributed by atoms with Crippen molar-refractivity contribution in [2.24, 2.45) is 0 Å². The van der Waals surface area contributed by atoms with Crippen LogP contribution in [0.5, 0.6) is 0 Å². The standard InChI is InChI=1S/C13H18O3/c1-3-16-13(15)9-12(14)8-11-7-5-4-6-10(11)2/h4-7,12,14H,3,8-9H2,1-2H3/t12-/m0/s1. The Hall–Kier alpha value is -1.35. The fraction of sp³-hybridized carbons (Fsp3) is 0.462. The molecule has 0 saturated carbocycles. The first-order valence-corrected chi connectivity index (χ1v) is 5.51. The average Bonchev–Trinajstić information content (AvgIpc) is 2.21. The summed E-state index contributed by atoms with van der Waals surface area (Å²) in [7, 11) is 0. The third kappa shape index (κ3) is 4.03. The van der Waals surface area contributed by atoms with Gasteiger partial charge in [0.1, 0.15) is 0 Å². The Bertz CT molecular complexity index is 347. The maximum absolute atomic E-state index is 11.1. The number of aryl methyl sites for hydroxylation is 1. The van der Waals surface area contributed by atoms with E-state index in [9.17, 15) is 9.90 Å². The van der Waals surface area contributed by atoms with Crippen molar-refractivity contribution in [2.45, 2.75) is 32.8 Å². The minimum atomic E-state index is -0.667. The van der Waals surface area contributed by atoms with Gasteiger partial charge in [0, 0.05) is 0 Å². The van der Waals surface area contributed by atoms with Crippen LogP contribution in [0, 0.1) is 6.92 Å². The summed E-state index contributed by atoms with van der Waals surface area (Å²) < 4.78 is 4.78. The van der Waals surface area contributed by atoms with Gasteiger partial charge in [-0.2, -0.15) is 0 Å². The number of ether oxygens (including phenoxy) is 1. The van der Waals surface area contributed by atoms with Crippen molar-refractivity contribution in [1.29, 1.82) is 0 Å². The van der Waals surface area contributed by atoms with Gasteiger partial charge in [0.15, 0.2) is 0 Å². The molecule has 0 aliphatic carbocycles. The molecule has 1 rings (SSSR count). The predicted molar refractivity (Wildman–Crippen MR) is 62.1 cm³/mol. The fourth-order valence-electron chi connectivity index (χ4n) is 1.58. The number of carbonyl (C=O) groups is 1. The quantitative estimate of drug-likeness (QED) is 0.773. The van der Waals surface area contributed by atoms with Gasteiger partial charge in [-0.15, -0.1) is 0 Å². The second-order valence-corrected chi connectivity index (χ2v) is 3.79. The van der Waals surface area contributed by atoms with Gasteiger partial charge in [-0.05, 0) is 31.4 Å². The van der Waals surface area contributed by atoms with Gasteiger partial charge in [-0.25, -0.2) is 0 Å². The third-order valence-electron chi connectivity index (χ3n) is 2.42. The van der Waals surface area contributed by atoms with Crippen LogP contribution in [0.3, 0.4) is 0 Å². The molecule has 1 atom stereocenters. The van der Waals surface area contributed by atoms with Crippen molar-refractivity contribution in [3.63, 3.8) is 0 Å². The molecule has 0 amide bonds. The molecular weight excluding hydrogens is 204 g/mol. The molecule has 88 valence electrons. The smallest absolute Gasteiger partial charge is 0.308 e. The Morgan fingerprint density at radius 2 is 2.12 bits per heavy atom. The number of hydrogen-bond acceptors (Lipinski definition) is 3. The Labute approximate surface area is 96.1 Å². The highest BCUT2D eigenvalue weighted by Crippen LogP contribution is 2.11. The summed E-state index contributed by atoms with van der Waals surface area (Å²) in [5.74, 6) is -0.344. The molecule has 1 N–H and O–H groups in total. The van der Waals surface area contributed by atoms with Crippen LogP contribution in [0.4, 0.5) is 0 Å². The van der Waals surface area contributed by atoms with Crippen LogP contribution in [0.2, 0.25) is 0 Å². The Morgan fingerprint density at radius 3 is 2.75 bits per heavy atom. The van der Waals surface area contributed by atoms with Crippen LogP contribution in [-0.2, 0) is 16.0 Å². The first-order chi connectivity index (χ1) is 7.63. The molecular formula is C13H18O3. The second kappa shape index (κ2) is 6.28. The van der Waals surface area contributed by atoms with Gasteiger partial charge in [0.05, 0.1) is 19.1 Å². The highest BCUT2D eigenvalue weighted by molar-refractivity contribution is 5.69. The van der Waals surface area contributed by atoms with Crippen molar-refractivity contribution in [3.05, 3.63) is 35.4 Å². The molecule has 0 aromatic heterocycles. The van der Waals surface area contributed by atoms with Crippen LogP contribution in [0.25, 0.3) is 0 Å². The maximum Gasteiger partial charge on any atom is 0.308 e. The van der Waals surface area contributed by atoms with Gasteiger partial charge in [0.2, 0.25) is 0 Å². The van der Waals surface area contributed by atoms with E-state index in [-0.39, 0.29) is 12.4 Å². The SMILES string of the molecule is CCOC(=O)C[C@@H](O)Cc1ccccc1C. The molecule has 3 heteroatoms. The zero-order chi connectivity index (χ0) is 12.0. The number of aliphatic hydroxyl groups excluding tert-OH is 1. The van der Waals surface area contributed by atoms with E-state index in [0.29, 0.717) is 13.0 Å². The van der Waals surface area contributed by atoms with Crippen molar-refractivity contribution in [1.82, 2.24) is 0 Å². The van der Waals surface area contributed by atoms with Gasteiger partial charge in [-0.1, -0.05) is 24.3 Å². The number of rotatable bonds is 5. The van der Waals surface area contributed by atoms with Crippen molar-refractivity contribution in [2.75, 3.05) is 6.61 Å². The summed E-state index contributed by atoms with van der Waals surface area (Å²) in [6, 6.07) is 7.84. The van der Waals surface area contributed by atoms with Crippen molar-refractivity contribution < 1.29 is 14.6 Å². The van der Waals surface area contributed by atoms with Gasteiger partial charge >= 0.3 is 5.97 Å². The summed E-state index contributed by atoms with van der Waals surface area (Å²) in [4.78, 5) is 11.1. The molecule has 0 heterocycles. The molecule has 0 spiro atoms. The number of hydrogen-bond donors (Lipinski definition) is 1. The zero-order valence-corrected chi connectivity index (χ0v) is 9.77. The number of carbonyl (C=O) groups excluding carboxylic acids is 1. The van der Waals surface area contributed by atoms with E-state index in [4.69, 9.17) is 4.74 Å². The van der Waals surface area contributed by atoms with E-state index < -0.39 is 6.10 Å². The molecule has 0 radical (unpaired) electrons. The highest BCUT2D eigenvalue weighted by atomic mass is 16.5. The molecule has 0 saturated heterocycles. The van der Waals surface area contributed by atoms with E-state index in [1.54, 1.807) is 6.92 Å². The van der Waals surface area contributed by atoms with Crippen LogP contribution < -0.4 is 0 Å². The zero-order valence-electron chi connectivity index (χ0n) is 9.77. The van der Waals surface area contributed by atoms with Gasteiger partial charge < -0.3 is 9.84 Å². The summed E-state index contributed by atoms with van der Waals surface area (Å²) >= 11 is 0. The Balaban J connectivity index is 2.48. The lowest BCUT2D eigenvalue weighted by molar-refractivity contribution is -0.145. The molecule has 0 aliphatic rings. The van der Waals surface area contributed by atoms with Gasteiger partial charge in [-0.3, -0.25) is 4.79 Å². The summed E-state index contributed by atoms with van der Waals surface area (Å²) in [5.41, 5.74) is 2.20. The molecule has 0 fully saturated rings. The molecule has 0 unspecified atom stereocenters. The minimum Gasteiger partial charge on any atom is -0.466 e. The maximum atomic E-state index is 11.1. The van der Waals surface area contributed by atoms with Crippen LogP contribution in [-0.4, -0.2) is 23.8 Å². The largest absolute Gasteiger partial charge is 0.466 e. The first kappa shape index (κ1) is 12.7. The molecule has 16 heavy (non-hydrogen) atoms. The molecule has 1 aromatic rings. The average molecular weight is 222 g/mol. The third-order valence-corrected chi connectivity index (χ3v) is 2.42. The van der Waals surface area contributed by atoms with Gasteiger partial charge in [0.25, 0.3) is 0 Å². The van der Waals surface area contributed by atoms with Crippen molar-refractivity contribution in [3.8, 4) is 0 Å². The van der Waals surface area contributed by atoms with E-state index in [2.05, 4.69) is 0 Å². The minimum absolute atomic E-state index is 0.0577. The van der Waals surface area contributed by atoms with E-state index >= 15 is 0 Å². The number of benzene rings is 1. The fourth-order valence-corrected chi connectivity index (χ4v) is 1.58. The van der Waals surface area contributed by atoms with E-state index in [1.807, 2.05) is 31.2 Å². The molecule has 3 nitrogen and oxygen atoms in total. The van der Waals surface area contributed by atoms with Crippen LogP contribution in [0.1, 0.15) is 24.5 Å². The van der Waals surface area contributed by atoms with E-state index in [0.717, 1.165) is 11.1 Å². The normalized spacial score (nSPS) is 12.2. The summed E-state index contributed by atoms with van der Waals surface area (Å²) in [5, 5.41) is 9.72. The summed E-state index contributed by atoms with van der Waals surface area (Å²) in [6.07, 6.45) is -0.117. The predicted octanol–water partition coefficient (Wildman–Crippen LogP) is 1.85. The molecule has 0 bridgehead atoms. The molecule has 0 aliphatic heterocycles. The Kier molecular flexibility index (Phi) is 4.99. The Morgan fingerprint density at radius 1 is 1.44 bits per heavy atom. The summed E-state index contributed by atoms with van der Waals surface area (Å²) in [6.45, 7) is 4.11. The lowest BCUT2D eigenvalue weighted by atomic mass is 10.0. The topological polar surface area (TPSA) is 46.5 Å². The monoisotopic (exact) mass is 222 g/mol. The lowest BCUT2D eigenvalue weighted by Crippen LogP contribution is -2.18. The number of aliphatic hydroxyl groups is 1. The highest BCUT2D eigenvalue weighted by Gasteiger charge is 2.12. The molecule has 1 aromatic carbocycles. The lowest BCUT2D eigenvalue weighted by Gasteiger charge is -2.11. The van der Waals surface area contributed by atoms with Crippen LogP contribution in [0.15, 0.2) is 24.3 Å². The number of esters is 1. The second-order valence-electron chi connectivity index (χ2n) is 3.79. The van der Waals surface area contributed by atoms with E-state index in [1.165, 1.54) is 0 Å².